The van der Waals surface area contributed by atoms with Crippen LogP contribution in [0, 0.1) is 0 Å². The van der Waals surface area contributed by atoms with Gasteiger partial charge in [-0.2, -0.15) is 0 Å². The first-order valence-electron chi connectivity index (χ1n) is 11.1. The van der Waals surface area contributed by atoms with Gasteiger partial charge in [0.2, 0.25) is 5.54 Å². The van der Waals surface area contributed by atoms with E-state index in [2.05, 4.69) is 0 Å². The van der Waals surface area contributed by atoms with E-state index in [1.165, 1.54) is 4.90 Å². The maximum absolute atomic E-state index is 13.8. The topological polar surface area (TPSA) is 93.2 Å². The third kappa shape index (κ3) is 3.55. The predicted octanol–water partition coefficient (Wildman–Crippen LogP) is 2.36. The summed E-state index contributed by atoms with van der Waals surface area (Å²) in [7, 11) is 0. The number of nitrogens with zero attached hydrogens (tertiary/aromatic N) is 2. The van der Waals surface area contributed by atoms with Crippen LogP contribution < -0.4 is 4.90 Å². The van der Waals surface area contributed by atoms with Crippen LogP contribution in [0.15, 0.2) is 54.6 Å². The molecule has 0 spiro atoms. The minimum Gasteiger partial charge on any atom is -0.464 e. The number of ketones is 1. The minimum atomic E-state index is -2.03. The molecule has 0 bridgehead atoms. The molecular formula is C25H26N2O6. The highest BCUT2D eigenvalue weighted by molar-refractivity contribution is 6.21. The van der Waals surface area contributed by atoms with Crippen molar-refractivity contribution in [3.63, 3.8) is 0 Å². The highest BCUT2D eigenvalue weighted by atomic mass is 16.5. The number of benzene rings is 2. The molecule has 0 saturated carbocycles. The van der Waals surface area contributed by atoms with Gasteiger partial charge < -0.3 is 19.3 Å². The monoisotopic (exact) mass is 450 g/mol. The van der Waals surface area contributed by atoms with Crippen LogP contribution in [0.2, 0.25) is 0 Å². The van der Waals surface area contributed by atoms with Gasteiger partial charge in [-0.25, -0.2) is 9.59 Å². The van der Waals surface area contributed by atoms with Crippen LogP contribution in [0.5, 0.6) is 0 Å². The summed E-state index contributed by atoms with van der Waals surface area (Å²) in [6.45, 7) is 3.51. The van der Waals surface area contributed by atoms with Crippen LogP contribution in [0.3, 0.4) is 0 Å². The number of ether oxygens (including phenoxy) is 2. The van der Waals surface area contributed by atoms with Crippen LogP contribution in [0.4, 0.5) is 5.69 Å². The average molecular weight is 450 g/mol. The second kappa shape index (κ2) is 9.05. The fourth-order valence-electron chi connectivity index (χ4n) is 4.77. The molecule has 0 aromatic heterocycles. The molecule has 0 radical (unpaired) electrons. The summed E-state index contributed by atoms with van der Waals surface area (Å²) in [6, 6.07) is 14.4. The van der Waals surface area contributed by atoms with E-state index in [-0.39, 0.29) is 32.7 Å². The molecule has 1 amide bonds. The van der Waals surface area contributed by atoms with Crippen molar-refractivity contribution in [2.75, 3.05) is 24.7 Å². The maximum atomic E-state index is 13.8. The smallest absolute Gasteiger partial charge is 0.342 e. The third-order valence-electron chi connectivity index (χ3n) is 6.10. The number of para-hydroxylation sites is 1. The molecule has 8 nitrogen and oxygen atoms in total. The molecule has 1 fully saturated rings. The molecule has 2 aliphatic rings. The number of fused-ring (bicyclic) bond motifs is 3. The van der Waals surface area contributed by atoms with Crippen molar-refractivity contribution < 1.29 is 28.7 Å². The molecule has 2 unspecified atom stereocenters. The Hall–Kier alpha value is -3.68. The lowest BCUT2D eigenvalue weighted by Crippen LogP contribution is -2.70. The van der Waals surface area contributed by atoms with Gasteiger partial charge in [0.15, 0.2) is 11.8 Å². The number of carbonyl (C=O) groups excluding carboxylic acids is 4. The zero-order valence-corrected chi connectivity index (χ0v) is 18.7. The molecule has 2 atom stereocenters. The van der Waals surface area contributed by atoms with Gasteiger partial charge in [-0.1, -0.05) is 42.5 Å². The maximum Gasteiger partial charge on any atom is 0.342 e. The van der Waals surface area contributed by atoms with E-state index in [0.717, 1.165) is 5.56 Å². The largest absolute Gasteiger partial charge is 0.464 e. The van der Waals surface area contributed by atoms with Gasteiger partial charge in [-0.15, -0.1) is 0 Å². The van der Waals surface area contributed by atoms with Crippen molar-refractivity contribution >= 4 is 29.3 Å². The number of Topliss-reactive ketones (excluding diaryl/α,β-unsaturated/α-hetero) is 1. The van der Waals surface area contributed by atoms with Gasteiger partial charge in [0.05, 0.1) is 24.5 Å². The number of esters is 2. The second-order valence-electron chi connectivity index (χ2n) is 7.90. The quantitative estimate of drug-likeness (QED) is 0.493. The number of rotatable bonds is 6. The zero-order valence-electron chi connectivity index (χ0n) is 18.7. The van der Waals surface area contributed by atoms with E-state index in [1.54, 1.807) is 43.0 Å². The molecule has 4 rings (SSSR count). The Labute approximate surface area is 192 Å². The van der Waals surface area contributed by atoms with Crippen LogP contribution in [0.25, 0.3) is 0 Å². The lowest BCUT2D eigenvalue weighted by atomic mass is 9.84. The highest BCUT2D eigenvalue weighted by Gasteiger charge is 2.67. The fraction of sp³-hybridized carbons (Fsp3) is 0.360. The van der Waals surface area contributed by atoms with E-state index < -0.39 is 35.2 Å². The number of anilines is 1. The Morgan fingerprint density at radius 3 is 2.33 bits per heavy atom. The van der Waals surface area contributed by atoms with Crippen molar-refractivity contribution in [2.45, 2.75) is 38.4 Å². The van der Waals surface area contributed by atoms with Crippen molar-refractivity contribution in [3.8, 4) is 0 Å². The lowest BCUT2D eigenvalue weighted by molar-refractivity contribution is -0.165. The van der Waals surface area contributed by atoms with Gasteiger partial charge in [0.1, 0.15) is 0 Å². The summed E-state index contributed by atoms with van der Waals surface area (Å²) in [4.78, 5) is 57.3. The number of hydrogen-bond acceptors (Lipinski definition) is 7. The van der Waals surface area contributed by atoms with Crippen molar-refractivity contribution in [1.29, 1.82) is 0 Å². The average Bonchev–Trinajstić information content (AvgIpc) is 3.12. The Bertz CT molecular complexity index is 1090. The summed E-state index contributed by atoms with van der Waals surface area (Å²) in [5.41, 5.74) is -0.551. The van der Waals surface area contributed by atoms with Crippen LogP contribution in [-0.2, 0) is 30.4 Å². The van der Waals surface area contributed by atoms with Gasteiger partial charge in [0.25, 0.3) is 5.91 Å². The third-order valence-corrected chi connectivity index (χ3v) is 6.10. The number of carbonyl (C=O) groups is 4. The molecule has 0 aliphatic carbocycles. The Morgan fingerprint density at radius 2 is 1.64 bits per heavy atom. The lowest BCUT2D eigenvalue weighted by Gasteiger charge is -2.42. The van der Waals surface area contributed by atoms with Gasteiger partial charge in [-0.3, -0.25) is 9.59 Å². The molecule has 172 valence electrons. The molecule has 2 heterocycles. The summed E-state index contributed by atoms with van der Waals surface area (Å²) in [6.07, 6.45) is 0.0381. The number of hydrogen-bond donors (Lipinski definition) is 0. The first-order chi connectivity index (χ1) is 16.0. The first kappa shape index (κ1) is 22.5. The van der Waals surface area contributed by atoms with Gasteiger partial charge >= 0.3 is 11.9 Å². The first-order valence-corrected chi connectivity index (χ1v) is 11.1. The van der Waals surface area contributed by atoms with E-state index in [4.69, 9.17) is 9.47 Å². The van der Waals surface area contributed by atoms with Gasteiger partial charge in [0, 0.05) is 19.5 Å². The summed E-state index contributed by atoms with van der Waals surface area (Å²) < 4.78 is 10.7. The second-order valence-corrected chi connectivity index (χ2v) is 7.90. The van der Waals surface area contributed by atoms with Crippen LogP contribution >= 0.6 is 0 Å². The minimum absolute atomic E-state index is 0.0137. The summed E-state index contributed by atoms with van der Waals surface area (Å²) >= 11 is 0. The molecule has 33 heavy (non-hydrogen) atoms. The van der Waals surface area contributed by atoms with Crippen molar-refractivity contribution in [2.24, 2.45) is 0 Å². The Kier molecular flexibility index (Phi) is 6.18. The molecule has 2 aliphatic heterocycles. The molecular weight excluding hydrogens is 424 g/mol. The van der Waals surface area contributed by atoms with E-state index in [1.807, 2.05) is 30.3 Å². The molecule has 2 aromatic carbocycles. The predicted molar refractivity (Wildman–Crippen MR) is 120 cm³/mol. The fourth-order valence-corrected chi connectivity index (χ4v) is 4.77. The Morgan fingerprint density at radius 1 is 0.970 bits per heavy atom. The van der Waals surface area contributed by atoms with E-state index in [0.29, 0.717) is 11.3 Å². The van der Waals surface area contributed by atoms with E-state index >= 15 is 0 Å². The molecule has 8 heteroatoms. The van der Waals surface area contributed by atoms with Crippen LogP contribution in [0.1, 0.15) is 36.2 Å². The van der Waals surface area contributed by atoms with Crippen LogP contribution in [-0.4, -0.2) is 59.9 Å². The van der Waals surface area contributed by atoms with E-state index in [9.17, 15) is 19.2 Å². The Balaban J connectivity index is 2.00. The van der Waals surface area contributed by atoms with Crippen molar-refractivity contribution in [3.05, 3.63) is 65.7 Å². The summed E-state index contributed by atoms with van der Waals surface area (Å²) in [5.74, 6) is -2.60. The van der Waals surface area contributed by atoms with Crippen molar-refractivity contribution in [1.82, 2.24) is 4.90 Å². The standard InChI is InChI=1S/C25H26N2O6/c1-3-32-23(30)21-25(24(31)33-4-2)20(28)14-15-27(25)19-13-9-8-12-18(19)22(29)26(21)16-17-10-6-5-7-11-17/h5-13,21H,3-4,14-16H2,1-2H3. The normalized spacial score (nSPS) is 21.8. The molecule has 2 aromatic rings. The number of amides is 1. The summed E-state index contributed by atoms with van der Waals surface area (Å²) in [5, 5.41) is 0. The molecule has 0 N–H and O–H groups in total. The SMILES string of the molecule is CCOC(=O)C1N(Cc2ccccc2)C(=O)c2ccccc2N2CCC(=O)C12C(=O)OCC. The molecule has 1 saturated heterocycles. The zero-order chi connectivity index (χ0) is 23.6. The van der Waals surface area contributed by atoms with Gasteiger partial charge in [-0.05, 0) is 31.5 Å². The highest BCUT2D eigenvalue weighted by Crippen LogP contribution is 2.43.